The fourth-order valence-electron chi connectivity index (χ4n) is 4.92. The summed E-state index contributed by atoms with van der Waals surface area (Å²) in [6, 6.07) is 9.67. The highest BCUT2D eigenvalue weighted by Crippen LogP contribution is 2.48. The molecule has 3 heterocycles. The average molecular weight is 515 g/mol. The molecule has 36 heavy (non-hydrogen) atoms. The zero-order valence-electron chi connectivity index (χ0n) is 19.0. The number of thiocarbonyl (C=S) groups is 1. The van der Waals surface area contributed by atoms with Crippen molar-refractivity contribution in [3.63, 3.8) is 0 Å². The molecule has 0 unspecified atom stereocenters. The van der Waals surface area contributed by atoms with Crippen molar-refractivity contribution in [3.05, 3.63) is 53.3 Å². The first kappa shape index (κ1) is 24.1. The van der Waals surface area contributed by atoms with Crippen molar-refractivity contribution >= 4 is 40.5 Å². The number of pyridine rings is 1. The standard InChI is InChI=1S/C24H21F3N6O2S/c25-24(26,27)18-10-17(12-30-19(18)11-28)32-21(35)23(6-1-7-23)33(22(32)36)16-4-2-15(3-5-16)13-31-9-8-29-20(34)14-31/h2-5,10,12H,1,6-9,13-14H2,(H,29,34). The Morgan fingerprint density at radius 1 is 1.17 bits per heavy atom. The molecule has 3 aliphatic rings. The second kappa shape index (κ2) is 8.83. The Bertz CT molecular complexity index is 1290. The van der Waals surface area contributed by atoms with Gasteiger partial charge in [-0.05, 0) is 55.2 Å². The summed E-state index contributed by atoms with van der Waals surface area (Å²) in [5.74, 6) is -0.418. The predicted molar refractivity (Wildman–Crippen MR) is 128 cm³/mol. The number of piperazine rings is 1. The largest absolute Gasteiger partial charge is 0.419 e. The van der Waals surface area contributed by atoms with Crippen LogP contribution in [0.3, 0.4) is 0 Å². The molecule has 1 N–H and O–H groups in total. The fraction of sp³-hybridized carbons (Fsp3) is 0.375. The van der Waals surface area contributed by atoms with Crippen LogP contribution in [0.15, 0.2) is 36.5 Å². The lowest BCUT2D eigenvalue weighted by Gasteiger charge is -2.43. The van der Waals surface area contributed by atoms with Gasteiger partial charge in [0.15, 0.2) is 10.8 Å². The number of hydrogen-bond donors (Lipinski definition) is 1. The van der Waals surface area contributed by atoms with Crippen LogP contribution in [0.1, 0.15) is 36.1 Å². The summed E-state index contributed by atoms with van der Waals surface area (Å²) in [5, 5.41) is 11.9. The van der Waals surface area contributed by atoms with Gasteiger partial charge in [-0.1, -0.05) is 12.1 Å². The van der Waals surface area contributed by atoms with Gasteiger partial charge in [0, 0.05) is 25.3 Å². The van der Waals surface area contributed by atoms with Crippen LogP contribution in [-0.2, 0) is 22.3 Å². The first-order valence-corrected chi connectivity index (χ1v) is 11.8. The van der Waals surface area contributed by atoms with Crippen molar-refractivity contribution in [2.45, 2.75) is 37.5 Å². The Balaban J connectivity index is 1.45. The number of nitriles is 1. The minimum absolute atomic E-state index is 0.0169. The SMILES string of the molecule is N#Cc1ncc(N2C(=O)C3(CCC3)N(c3ccc(CN4CCNC(=O)C4)cc3)C2=S)cc1C(F)(F)F. The normalized spacial score (nSPS) is 19.9. The Morgan fingerprint density at radius 3 is 2.47 bits per heavy atom. The molecule has 5 rings (SSSR count). The summed E-state index contributed by atoms with van der Waals surface area (Å²) in [4.78, 5) is 33.7. The second-order valence-electron chi connectivity index (χ2n) is 9.07. The molecule has 0 bridgehead atoms. The number of alkyl halides is 3. The van der Waals surface area contributed by atoms with Crippen LogP contribution in [0.5, 0.6) is 0 Å². The maximum atomic E-state index is 13.6. The fourth-order valence-corrected chi connectivity index (χ4v) is 5.39. The molecule has 0 atom stereocenters. The minimum Gasteiger partial charge on any atom is -0.354 e. The van der Waals surface area contributed by atoms with Crippen LogP contribution in [0.2, 0.25) is 0 Å². The van der Waals surface area contributed by atoms with E-state index in [0.29, 0.717) is 38.2 Å². The average Bonchev–Trinajstić information content (AvgIpc) is 3.05. The van der Waals surface area contributed by atoms with Crippen molar-refractivity contribution in [1.82, 2.24) is 15.2 Å². The second-order valence-corrected chi connectivity index (χ2v) is 9.44. The number of halogens is 3. The molecule has 2 saturated heterocycles. The number of nitrogens with one attached hydrogen (secondary N) is 1. The van der Waals surface area contributed by atoms with Crippen LogP contribution in [0.25, 0.3) is 0 Å². The Hall–Kier alpha value is -3.56. The first-order chi connectivity index (χ1) is 17.1. The van der Waals surface area contributed by atoms with E-state index in [1.165, 1.54) is 6.07 Å². The Labute approximate surface area is 210 Å². The van der Waals surface area contributed by atoms with Crippen molar-refractivity contribution in [2.24, 2.45) is 0 Å². The van der Waals surface area contributed by atoms with E-state index in [1.54, 1.807) is 4.90 Å². The molecule has 12 heteroatoms. The Kier molecular flexibility index (Phi) is 5.92. The van der Waals surface area contributed by atoms with Crippen LogP contribution in [0.4, 0.5) is 24.5 Å². The number of benzene rings is 1. The monoisotopic (exact) mass is 514 g/mol. The topological polar surface area (TPSA) is 92.6 Å². The molecule has 3 fully saturated rings. The molecule has 0 radical (unpaired) electrons. The van der Waals surface area contributed by atoms with Crippen LogP contribution < -0.4 is 15.1 Å². The quantitative estimate of drug-likeness (QED) is 0.628. The number of carbonyl (C=O) groups is 2. The third-order valence-corrected chi connectivity index (χ3v) is 7.22. The molecular formula is C24H21F3N6O2S. The molecule has 2 amide bonds. The lowest BCUT2D eigenvalue weighted by Crippen LogP contribution is -2.55. The maximum absolute atomic E-state index is 13.6. The zero-order chi connectivity index (χ0) is 25.7. The number of rotatable bonds is 4. The molecule has 1 spiro atoms. The number of carbonyl (C=O) groups excluding carboxylic acids is 2. The number of aromatic nitrogens is 1. The highest BCUT2D eigenvalue weighted by Gasteiger charge is 2.59. The summed E-state index contributed by atoms with van der Waals surface area (Å²) < 4.78 is 40.6. The van der Waals surface area contributed by atoms with Gasteiger partial charge in [0.25, 0.3) is 5.91 Å². The molecule has 1 saturated carbocycles. The van der Waals surface area contributed by atoms with Gasteiger partial charge in [-0.25, -0.2) is 4.98 Å². The summed E-state index contributed by atoms with van der Waals surface area (Å²) >= 11 is 5.63. The van der Waals surface area contributed by atoms with Crippen molar-refractivity contribution in [1.29, 1.82) is 5.26 Å². The van der Waals surface area contributed by atoms with E-state index < -0.39 is 28.9 Å². The van der Waals surface area contributed by atoms with Crippen molar-refractivity contribution < 1.29 is 22.8 Å². The van der Waals surface area contributed by atoms with Gasteiger partial charge in [0.05, 0.1) is 24.0 Å². The lowest BCUT2D eigenvalue weighted by atomic mass is 9.75. The van der Waals surface area contributed by atoms with Crippen molar-refractivity contribution in [3.8, 4) is 6.07 Å². The predicted octanol–water partition coefficient (Wildman–Crippen LogP) is 2.96. The van der Waals surface area contributed by atoms with Gasteiger partial charge in [-0.2, -0.15) is 18.4 Å². The van der Waals surface area contributed by atoms with E-state index >= 15 is 0 Å². The third-order valence-electron chi connectivity index (χ3n) is 6.85. The van der Waals surface area contributed by atoms with E-state index in [-0.39, 0.29) is 16.7 Å². The molecule has 2 aliphatic heterocycles. The number of anilines is 2. The van der Waals surface area contributed by atoms with Gasteiger partial charge in [0.2, 0.25) is 5.91 Å². The Morgan fingerprint density at radius 2 is 1.89 bits per heavy atom. The lowest BCUT2D eigenvalue weighted by molar-refractivity contribution is -0.138. The first-order valence-electron chi connectivity index (χ1n) is 11.4. The minimum atomic E-state index is -4.81. The van der Waals surface area contributed by atoms with Crippen LogP contribution >= 0.6 is 12.2 Å². The number of amides is 2. The highest BCUT2D eigenvalue weighted by atomic mass is 32.1. The van der Waals surface area contributed by atoms with Gasteiger partial charge in [-0.3, -0.25) is 19.4 Å². The summed E-state index contributed by atoms with van der Waals surface area (Å²) in [6.07, 6.45) is -1.91. The van der Waals surface area contributed by atoms with Gasteiger partial charge in [0.1, 0.15) is 11.6 Å². The number of hydrogen-bond acceptors (Lipinski definition) is 6. The molecule has 8 nitrogen and oxygen atoms in total. The smallest absolute Gasteiger partial charge is 0.354 e. The molecule has 2 aromatic rings. The van der Waals surface area contributed by atoms with Crippen LogP contribution in [-0.4, -0.2) is 52.0 Å². The van der Waals surface area contributed by atoms with Crippen LogP contribution in [0, 0.1) is 11.3 Å². The summed E-state index contributed by atoms with van der Waals surface area (Å²) in [5.41, 5.74) is -1.42. The summed E-state index contributed by atoms with van der Waals surface area (Å²) in [7, 11) is 0. The third kappa shape index (κ3) is 3.98. The van der Waals surface area contributed by atoms with E-state index in [1.807, 2.05) is 29.2 Å². The van der Waals surface area contributed by atoms with E-state index in [0.717, 1.165) is 35.7 Å². The highest BCUT2D eigenvalue weighted by molar-refractivity contribution is 7.81. The molecule has 1 aromatic heterocycles. The molecule has 186 valence electrons. The van der Waals surface area contributed by atoms with Gasteiger partial charge < -0.3 is 10.2 Å². The van der Waals surface area contributed by atoms with E-state index in [2.05, 4.69) is 10.3 Å². The zero-order valence-corrected chi connectivity index (χ0v) is 19.8. The molecule has 1 aliphatic carbocycles. The van der Waals surface area contributed by atoms with Gasteiger partial charge in [-0.15, -0.1) is 0 Å². The van der Waals surface area contributed by atoms with E-state index in [9.17, 15) is 22.8 Å². The summed E-state index contributed by atoms with van der Waals surface area (Å²) in [6.45, 7) is 2.25. The van der Waals surface area contributed by atoms with E-state index in [4.69, 9.17) is 17.5 Å². The van der Waals surface area contributed by atoms with Gasteiger partial charge >= 0.3 is 6.18 Å². The number of nitrogens with zero attached hydrogens (tertiary/aromatic N) is 5. The molecular weight excluding hydrogens is 493 g/mol. The maximum Gasteiger partial charge on any atom is 0.419 e. The van der Waals surface area contributed by atoms with Crippen molar-refractivity contribution in [2.75, 3.05) is 29.4 Å². The molecule has 1 aromatic carbocycles.